The molecule has 0 unspecified atom stereocenters. The van der Waals surface area contributed by atoms with Crippen LogP contribution >= 0.6 is 7.14 Å². The van der Waals surface area contributed by atoms with Gasteiger partial charge in [0.2, 0.25) is 0 Å². The summed E-state index contributed by atoms with van der Waals surface area (Å²) in [5, 5.41) is 18.6. The van der Waals surface area contributed by atoms with Crippen LogP contribution in [-0.4, -0.2) is 43.5 Å². The highest BCUT2D eigenvalue weighted by Crippen LogP contribution is 2.35. The zero-order chi connectivity index (χ0) is 13.9. The lowest BCUT2D eigenvalue weighted by Gasteiger charge is -2.14. The maximum absolute atomic E-state index is 12.1. The van der Waals surface area contributed by atoms with Crippen molar-refractivity contribution in [2.45, 2.75) is 6.43 Å². The van der Waals surface area contributed by atoms with Crippen LogP contribution in [0, 0.1) is 0 Å². The lowest BCUT2D eigenvalue weighted by atomic mass is 9.79. The van der Waals surface area contributed by atoms with Crippen molar-refractivity contribution in [1.29, 1.82) is 0 Å². The molecular weight excluding hydrogens is 264 g/mol. The zero-order valence-corrected chi connectivity index (χ0v) is 10.9. The third kappa shape index (κ3) is 4.08. The highest BCUT2D eigenvalue weighted by molar-refractivity contribution is 7.70. The molecule has 0 saturated heterocycles. The van der Waals surface area contributed by atoms with E-state index in [1.165, 1.54) is 31.5 Å². The largest absolute Gasteiger partial charge is 0.492 e. The molecule has 0 spiro atoms. The molecule has 0 saturated carbocycles. The highest BCUT2D eigenvalue weighted by atomic mass is 31.2. The van der Waals surface area contributed by atoms with Gasteiger partial charge in [-0.1, -0.05) is 12.1 Å². The van der Waals surface area contributed by atoms with Crippen LogP contribution in [0.2, 0.25) is 0 Å². The van der Waals surface area contributed by atoms with Crippen LogP contribution in [0.1, 0.15) is 0 Å². The van der Waals surface area contributed by atoms with Crippen molar-refractivity contribution in [3.05, 3.63) is 18.2 Å². The Morgan fingerprint density at radius 1 is 1.39 bits per heavy atom. The molecule has 18 heavy (non-hydrogen) atoms. The quantitative estimate of drug-likeness (QED) is 0.599. The van der Waals surface area contributed by atoms with Crippen LogP contribution in [0.4, 0.5) is 8.78 Å². The van der Waals surface area contributed by atoms with Gasteiger partial charge in [-0.15, -0.1) is 0 Å². The molecule has 8 heteroatoms. The summed E-state index contributed by atoms with van der Waals surface area (Å²) >= 11 is 0. The van der Waals surface area contributed by atoms with Gasteiger partial charge in [-0.3, -0.25) is 0 Å². The predicted molar refractivity (Wildman–Crippen MR) is 66.9 cm³/mol. The molecule has 1 aromatic carbocycles. The standard InChI is InChI=1S/C10H14BF2O4P/c1-18(2,16)7-3-4-8(11(14)15)9(5-7)17-6-10(12)13/h3-5,10,14-15H,6H2,1-2H3. The Morgan fingerprint density at radius 3 is 2.44 bits per heavy atom. The number of hydrogen-bond donors (Lipinski definition) is 2. The van der Waals surface area contributed by atoms with Crippen molar-refractivity contribution >= 4 is 25.0 Å². The molecule has 100 valence electrons. The summed E-state index contributed by atoms with van der Waals surface area (Å²) in [6.07, 6.45) is -2.67. The van der Waals surface area contributed by atoms with Gasteiger partial charge < -0.3 is 19.3 Å². The number of benzene rings is 1. The normalized spacial score (nSPS) is 11.7. The molecule has 0 atom stereocenters. The molecule has 0 aliphatic heterocycles. The monoisotopic (exact) mass is 278 g/mol. The second-order valence-electron chi connectivity index (χ2n) is 4.15. The van der Waals surface area contributed by atoms with Gasteiger partial charge in [0.15, 0.2) is 0 Å². The van der Waals surface area contributed by atoms with E-state index in [0.29, 0.717) is 5.30 Å². The van der Waals surface area contributed by atoms with E-state index >= 15 is 0 Å². The lowest BCUT2D eigenvalue weighted by molar-refractivity contribution is 0.0823. The van der Waals surface area contributed by atoms with Crippen LogP contribution in [0.3, 0.4) is 0 Å². The molecule has 0 heterocycles. The van der Waals surface area contributed by atoms with E-state index in [1.54, 1.807) is 0 Å². The third-order valence-electron chi connectivity index (χ3n) is 2.26. The fraction of sp³-hybridized carbons (Fsp3) is 0.400. The maximum Gasteiger partial charge on any atom is 0.492 e. The number of rotatable bonds is 5. The maximum atomic E-state index is 12.1. The van der Waals surface area contributed by atoms with E-state index in [-0.39, 0.29) is 11.2 Å². The Bertz CT molecular complexity index is 461. The van der Waals surface area contributed by atoms with Crippen molar-refractivity contribution in [2.24, 2.45) is 0 Å². The molecule has 0 aliphatic rings. The van der Waals surface area contributed by atoms with Gasteiger partial charge in [-0.2, -0.15) is 0 Å². The topological polar surface area (TPSA) is 66.8 Å². The van der Waals surface area contributed by atoms with Crippen molar-refractivity contribution < 1.29 is 28.1 Å². The highest BCUT2D eigenvalue weighted by Gasteiger charge is 2.21. The molecule has 1 rings (SSSR count). The Balaban J connectivity index is 3.12. The Morgan fingerprint density at radius 2 is 2.00 bits per heavy atom. The van der Waals surface area contributed by atoms with E-state index in [4.69, 9.17) is 14.8 Å². The summed E-state index contributed by atoms with van der Waals surface area (Å²) in [6, 6.07) is 4.07. The van der Waals surface area contributed by atoms with Crippen LogP contribution in [0.25, 0.3) is 0 Å². The number of halogens is 2. The molecule has 0 bridgehead atoms. The van der Waals surface area contributed by atoms with Crippen LogP contribution < -0.4 is 15.5 Å². The SMILES string of the molecule is CP(C)(=O)c1ccc(B(O)O)c(OCC(F)F)c1. The minimum absolute atomic E-state index is 0.0344. The molecule has 0 radical (unpaired) electrons. The lowest BCUT2D eigenvalue weighted by Crippen LogP contribution is -2.33. The van der Waals surface area contributed by atoms with E-state index in [1.807, 2.05) is 0 Å². The average Bonchev–Trinajstić information content (AvgIpc) is 2.24. The van der Waals surface area contributed by atoms with E-state index in [2.05, 4.69) is 0 Å². The van der Waals surface area contributed by atoms with Gasteiger partial charge in [0.1, 0.15) is 19.5 Å². The minimum atomic E-state index is -2.67. The van der Waals surface area contributed by atoms with E-state index < -0.39 is 27.3 Å². The fourth-order valence-corrected chi connectivity index (χ4v) is 2.21. The summed E-state index contributed by atoms with van der Waals surface area (Å²) < 4.78 is 40.8. The second-order valence-corrected chi connectivity index (χ2v) is 7.37. The first-order chi connectivity index (χ1) is 8.21. The van der Waals surface area contributed by atoms with Crippen molar-refractivity contribution in [2.75, 3.05) is 19.9 Å². The zero-order valence-electron chi connectivity index (χ0n) is 10.0. The minimum Gasteiger partial charge on any atom is -0.488 e. The molecule has 0 fully saturated rings. The van der Waals surface area contributed by atoms with Gasteiger partial charge in [-0.25, -0.2) is 8.78 Å². The summed E-state index contributed by atoms with van der Waals surface area (Å²) in [6.45, 7) is 2.18. The fourth-order valence-electron chi connectivity index (χ4n) is 1.35. The summed E-state index contributed by atoms with van der Waals surface area (Å²) in [7, 11) is -4.41. The van der Waals surface area contributed by atoms with Crippen molar-refractivity contribution in [3.8, 4) is 5.75 Å². The van der Waals surface area contributed by atoms with Gasteiger partial charge in [0.25, 0.3) is 6.43 Å². The first-order valence-corrected chi connectivity index (χ1v) is 7.78. The third-order valence-corrected chi connectivity index (χ3v) is 3.78. The van der Waals surface area contributed by atoms with E-state index in [0.717, 1.165) is 0 Å². The summed E-state index contributed by atoms with van der Waals surface area (Å²) in [5.74, 6) is -0.0910. The molecule has 4 nitrogen and oxygen atoms in total. The predicted octanol–water partition coefficient (Wildman–Crippen LogP) is 0.258. The van der Waals surface area contributed by atoms with Crippen LogP contribution in [0.5, 0.6) is 5.75 Å². The van der Waals surface area contributed by atoms with Crippen molar-refractivity contribution in [3.63, 3.8) is 0 Å². The van der Waals surface area contributed by atoms with Gasteiger partial charge in [0.05, 0.1) is 0 Å². The summed E-state index contributed by atoms with van der Waals surface area (Å²) in [5.41, 5.74) is -0.0344. The average molecular weight is 278 g/mol. The Labute approximate surface area is 104 Å². The first kappa shape index (κ1) is 15.2. The van der Waals surface area contributed by atoms with Gasteiger partial charge in [-0.05, 0) is 19.4 Å². The van der Waals surface area contributed by atoms with Crippen LogP contribution in [0.15, 0.2) is 18.2 Å². The van der Waals surface area contributed by atoms with Gasteiger partial charge >= 0.3 is 7.12 Å². The Kier molecular flexibility index (Phi) is 4.90. The molecule has 2 N–H and O–H groups in total. The van der Waals surface area contributed by atoms with Crippen molar-refractivity contribution in [1.82, 2.24) is 0 Å². The summed E-state index contributed by atoms with van der Waals surface area (Å²) in [4.78, 5) is 0. The molecule has 0 amide bonds. The molecule has 0 aliphatic carbocycles. The second kappa shape index (κ2) is 5.82. The van der Waals surface area contributed by atoms with E-state index in [9.17, 15) is 13.3 Å². The number of hydrogen-bond acceptors (Lipinski definition) is 4. The number of ether oxygens (including phenoxy) is 1. The molecule has 1 aromatic rings. The number of alkyl halides is 2. The first-order valence-electron chi connectivity index (χ1n) is 5.18. The van der Waals surface area contributed by atoms with Crippen LogP contribution in [-0.2, 0) is 4.57 Å². The van der Waals surface area contributed by atoms with Gasteiger partial charge in [0, 0.05) is 10.8 Å². The smallest absolute Gasteiger partial charge is 0.488 e. The molecule has 0 aromatic heterocycles. The Hall–Kier alpha value is -0.905. The molecular formula is C10H14BF2O4P.